The van der Waals surface area contributed by atoms with Gasteiger partial charge in [-0.2, -0.15) is 13.2 Å². The fraction of sp³-hybridized carbons (Fsp3) is 0.611. The summed E-state index contributed by atoms with van der Waals surface area (Å²) in [5.74, 6) is 0.354. The van der Waals surface area contributed by atoms with Gasteiger partial charge in [0.2, 0.25) is 5.91 Å². The van der Waals surface area contributed by atoms with Crippen molar-refractivity contribution in [2.75, 3.05) is 13.2 Å². The van der Waals surface area contributed by atoms with E-state index in [1.54, 1.807) is 13.8 Å². The molecule has 0 saturated carbocycles. The molecular weight excluding hydrogens is 333 g/mol. The summed E-state index contributed by atoms with van der Waals surface area (Å²) in [6.45, 7) is 5.77. The zero-order valence-corrected chi connectivity index (χ0v) is 14.8. The number of aryl methyl sites for hydroxylation is 1. The normalized spacial score (nSPS) is 18.9. The molecule has 0 aromatic heterocycles. The largest absolute Gasteiger partial charge is 0.494 e. The predicted octanol–water partition coefficient (Wildman–Crippen LogP) is 3.71. The van der Waals surface area contributed by atoms with Crippen LogP contribution in [0.4, 0.5) is 13.2 Å². The molecule has 7 heteroatoms. The van der Waals surface area contributed by atoms with E-state index in [4.69, 9.17) is 4.74 Å². The second-order valence-electron chi connectivity index (χ2n) is 6.98. The first-order valence-corrected chi connectivity index (χ1v) is 8.49. The number of nitrogens with zero attached hydrogens (tertiary/aromatic N) is 1. The number of benzene rings is 1. The SMILES string of the molecule is CCOc1cccc(CCCC(N2CC(C)(C)C(=O)N2)C(F)(F)F)c1. The van der Waals surface area contributed by atoms with E-state index >= 15 is 0 Å². The van der Waals surface area contributed by atoms with Crippen molar-refractivity contribution in [3.63, 3.8) is 0 Å². The Morgan fingerprint density at radius 1 is 1.36 bits per heavy atom. The van der Waals surface area contributed by atoms with Crippen molar-refractivity contribution in [1.82, 2.24) is 10.4 Å². The minimum atomic E-state index is -4.39. The van der Waals surface area contributed by atoms with Crippen molar-refractivity contribution in [3.8, 4) is 5.75 Å². The summed E-state index contributed by atoms with van der Waals surface area (Å²) in [5.41, 5.74) is 2.51. The van der Waals surface area contributed by atoms with Crippen molar-refractivity contribution in [2.45, 2.75) is 52.3 Å². The smallest absolute Gasteiger partial charge is 0.405 e. The monoisotopic (exact) mass is 358 g/mol. The quantitative estimate of drug-likeness (QED) is 0.808. The Hall–Kier alpha value is -1.76. The van der Waals surface area contributed by atoms with Crippen molar-refractivity contribution in [3.05, 3.63) is 29.8 Å². The van der Waals surface area contributed by atoms with Gasteiger partial charge in [-0.15, -0.1) is 0 Å². The molecule has 1 fully saturated rings. The number of rotatable bonds is 7. The van der Waals surface area contributed by atoms with Crippen LogP contribution >= 0.6 is 0 Å². The molecule has 1 saturated heterocycles. The molecule has 1 atom stereocenters. The van der Waals surface area contributed by atoms with Crippen LogP contribution in [-0.2, 0) is 11.2 Å². The van der Waals surface area contributed by atoms with Crippen LogP contribution < -0.4 is 10.2 Å². The molecule has 1 aromatic carbocycles. The van der Waals surface area contributed by atoms with E-state index in [0.717, 1.165) is 16.3 Å². The maximum atomic E-state index is 13.4. The first-order chi connectivity index (χ1) is 11.6. The first kappa shape index (κ1) is 19.6. The molecule has 140 valence electrons. The molecule has 4 nitrogen and oxygen atoms in total. The highest BCUT2D eigenvalue weighted by Gasteiger charge is 2.49. The molecule has 0 bridgehead atoms. The summed E-state index contributed by atoms with van der Waals surface area (Å²) < 4.78 is 45.7. The topological polar surface area (TPSA) is 41.6 Å². The van der Waals surface area contributed by atoms with E-state index in [9.17, 15) is 18.0 Å². The number of carbonyl (C=O) groups excluding carboxylic acids is 1. The van der Waals surface area contributed by atoms with E-state index in [2.05, 4.69) is 5.43 Å². The van der Waals surface area contributed by atoms with Crippen LogP contribution in [0.3, 0.4) is 0 Å². The van der Waals surface area contributed by atoms with Crippen LogP contribution in [0.25, 0.3) is 0 Å². The molecule has 1 aliphatic rings. The molecule has 0 aliphatic carbocycles. The van der Waals surface area contributed by atoms with E-state index < -0.39 is 17.6 Å². The minimum Gasteiger partial charge on any atom is -0.494 e. The highest BCUT2D eigenvalue weighted by molar-refractivity contribution is 5.83. The van der Waals surface area contributed by atoms with Crippen LogP contribution in [0.2, 0.25) is 0 Å². The van der Waals surface area contributed by atoms with Gasteiger partial charge in [-0.3, -0.25) is 10.2 Å². The zero-order valence-electron chi connectivity index (χ0n) is 14.8. The second kappa shape index (κ2) is 7.64. The Kier molecular flexibility index (Phi) is 5.98. The molecule has 1 unspecified atom stereocenters. The Bertz CT molecular complexity index is 602. The molecule has 1 heterocycles. The Labute approximate surface area is 146 Å². The number of hydrogen-bond acceptors (Lipinski definition) is 3. The fourth-order valence-electron chi connectivity index (χ4n) is 2.96. The number of carbonyl (C=O) groups is 1. The van der Waals surface area contributed by atoms with Gasteiger partial charge in [0.25, 0.3) is 0 Å². The number of amides is 1. The lowest BCUT2D eigenvalue weighted by atomic mass is 9.94. The van der Waals surface area contributed by atoms with Gasteiger partial charge < -0.3 is 4.74 Å². The zero-order chi connectivity index (χ0) is 18.7. The lowest BCUT2D eigenvalue weighted by Crippen LogP contribution is -2.50. The fourth-order valence-corrected chi connectivity index (χ4v) is 2.96. The van der Waals surface area contributed by atoms with Crippen molar-refractivity contribution >= 4 is 5.91 Å². The van der Waals surface area contributed by atoms with Crippen molar-refractivity contribution in [2.24, 2.45) is 5.41 Å². The standard InChI is InChI=1S/C18H25F3N2O2/c1-4-25-14-9-5-7-13(11-14)8-6-10-15(18(19,20)21)23-12-17(2,3)16(24)22-23/h5,7,9,11,15H,4,6,8,10,12H2,1-3H3,(H,22,24). The molecule has 1 amide bonds. The van der Waals surface area contributed by atoms with Crippen molar-refractivity contribution in [1.29, 1.82) is 0 Å². The Balaban J connectivity index is 1.97. The number of halogens is 3. The molecule has 0 radical (unpaired) electrons. The average Bonchev–Trinajstić information content (AvgIpc) is 2.76. The van der Waals surface area contributed by atoms with Gasteiger partial charge in [-0.05, 0) is 57.7 Å². The van der Waals surface area contributed by atoms with Gasteiger partial charge in [0, 0.05) is 6.54 Å². The maximum absolute atomic E-state index is 13.4. The number of ether oxygens (including phenoxy) is 1. The lowest BCUT2D eigenvalue weighted by Gasteiger charge is -2.29. The van der Waals surface area contributed by atoms with E-state index in [-0.39, 0.29) is 18.9 Å². The third-order valence-corrected chi connectivity index (χ3v) is 4.33. The minimum absolute atomic E-state index is 0.0514. The summed E-state index contributed by atoms with van der Waals surface area (Å²) in [5, 5.41) is 1.04. The van der Waals surface area contributed by atoms with Crippen LogP contribution in [0.15, 0.2) is 24.3 Å². The van der Waals surface area contributed by atoms with E-state index in [0.29, 0.717) is 19.4 Å². The molecule has 0 spiro atoms. The molecule has 1 aromatic rings. The summed E-state index contributed by atoms with van der Waals surface area (Å²) >= 11 is 0. The van der Waals surface area contributed by atoms with Gasteiger partial charge in [-0.1, -0.05) is 12.1 Å². The number of nitrogens with one attached hydrogen (secondary N) is 1. The summed E-state index contributed by atoms with van der Waals surface area (Å²) in [7, 11) is 0. The first-order valence-electron chi connectivity index (χ1n) is 8.49. The number of alkyl halides is 3. The molecular formula is C18H25F3N2O2. The molecule has 1 N–H and O–H groups in total. The highest BCUT2D eigenvalue weighted by atomic mass is 19.4. The van der Waals surface area contributed by atoms with Crippen LogP contribution in [0.1, 0.15) is 39.2 Å². The molecule has 2 rings (SSSR count). The molecule has 1 aliphatic heterocycles. The predicted molar refractivity (Wildman–Crippen MR) is 89.0 cm³/mol. The van der Waals surface area contributed by atoms with Gasteiger partial charge in [0.05, 0.1) is 12.0 Å². The van der Waals surface area contributed by atoms with E-state index in [1.807, 2.05) is 31.2 Å². The van der Waals surface area contributed by atoms with Gasteiger partial charge in [-0.25, -0.2) is 5.01 Å². The number of hydrogen-bond donors (Lipinski definition) is 1. The van der Waals surface area contributed by atoms with Crippen LogP contribution in [0.5, 0.6) is 5.75 Å². The van der Waals surface area contributed by atoms with Crippen LogP contribution in [0, 0.1) is 5.41 Å². The maximum Gasteiger partial charge on any atom is 0.405 e. The lowest BCUT2D eigenvalue weighted by molar-refractivity contribution is -0.190. The van der Waals surface area contributed by atoms with Crippen molar-refractivity contribution < 1.29 is 22.7 Å². The summed E-state index contributed by atoms with van der Waals surface area (Å²) in [4.78, 5) is 11.8. The van der Waals surface area contributed by atoms with Gasteiger partial charge >= 0.3 is 6.18 Å². The Morgan fingerprint density at radius 2 is 2.08 bits per heavy atom. The van der Waals surface area contributed by atoms with Crippen LogP contribution in [-0.4, -0.2) is 36.3 Å². The van der Waals surface area contributed by atoms with Gasteiger partial charge in [0.1, 0.15) is 11.8 Å². The average molecular weight is 358 g/mol. The van der Waals surface area contributed by atoms with E-state index in [1.165, 1.54) is 0 Å². The number of hydrazine groups is 1. The molecule has 25 heavy (non-hydrogen) atoms. The third-order valence-electron chi connectivity index (χ3n) is 4.33. The summed E-state index contributed by atoms with van der Waals surface area (Å²) in [6.07, 6.45) is -3.56. The van der Waals surface area contributed by atoms with Gasteiger partial charge in [0.15, 0.2) is 0 Å². The second-order valence-corrected chi connectivity index (χ2v) is 6.98. The summed E-state index contributed by atoms with van der Waals surface area (Å²) in [6, 6.07) is 5.73. The highest BCUT2D eigenvalue weighted by Crippen LogP contribution is 2.33. The Morgan fingerprint density at radius 3 is 2.64 bits per heavy atom. The third kappa shape index (κ3) is 5.11.